The van der Waals surface area contributed by atoms with Gasteiger partial charge in [-0.1, -0.05) is 18.2 Å². The first-order valence-electron chi connectivity index (χ1n) is 4.06. The Balaban J connectivity index is 2.33. The predicted octanol–water partition coefficient (Wildman–Crippen LogP) is 2.27. The summed E-state index contributed by atoms with van der Waals surface area (Å²) in [4.78, 5) is 11.0. The molecule has 1 fully saturated rings. The first-order chi connectivity index (χ1) is 5.79. The van der Waals surface area contributed by atoms with E-state index in [1.807, 2.05) is 0 Å². The maximum Gasteiger partial charge on any atom is 0.140 e. The summed E-state index contributed by atoms with van der Waals surface area (Å²) in [5.74, 6) is -0.248. The molecule has 1 aliphatic rings. The fourth-order valence-electron chi connectivity index (χ4n) is 1.49. The molecule has 0 radical (unpaired) electrons. The van der Waals surface area contributed by atoms with Gasteiger partial charge < -0.3 is 0 Å². The van der Waals surface area contributed by atoms with E-state index in [1.54, 1.807) is 18.2 Å². The molecule has 1 nitrogen and oxygen atoms in total. The summed E-state index contributed by atoms with van der Waals surface area (Å²) in [5, 5.41) is 0. The Morgan fingerprint density at radius 1 is 1.33 bits per heavy atom. The molecule has 0 aliphatic heterocycles. The zero-order valence-electron chi connectivity index (χ0n) is 6.59. The molecule has 1 aromatic carbocycles. The molecule has 1 aliphatic carbocycles. The van der Waals surface area contributed by atoms with Crippen molar-refractivity contribution < 1.29 is 9.18 Å². The summed E-state index contributed by atoms with van der Waals surface area (Å²) in [5.41, 5.74) is 0.564. The van der Waals surface area contributed by atoms with Crippen molar-refractivity contribution in [3.63, 3.8) is 0 Å². The first kappa shape index (κ1) is 7.47. The number of rotatable bonds is 1. The van der Waals surface area contributed by atoms with Crippen LogP contribution in [0.5, 0.6) is 0 Å². The highest BCUT2D eigenvalue weighted by molar-refractivity contribution is 5.91. The normalized spacial score (nSPS) is 22.1. The van der Waals surface area contributed by atoms with Crippen molar-refractivity contribution in [2.75, 3.05) is 0 Å². The van der Waals surface area contributed by atoms with Crippen molar-refractivity contribution in [2.45, 2.75) is 18.8 Å². The fraction of sp³-hybridized carbons (Fsp3) is 0.300. The zero-order chi connectivity index (χ0) is 8.55. The number of halogens is 1. The molecule has 0 saturated heterocycles. The number of Topliss-reactive ketones (excluding diaryl/α,β-unsaturated/α-hetero) is 1. The summed E-state index contributed by atoms with van der Waals surface area (Å²) >= 11 is 0. The molecule has 12 heavy (non-hydrogen) atoms. The van der Waals surface area contributed by atoms with Crippen molar-refractivity contribution in [3.05, 3.63) is 35.6 Å². The number of carbonyl (C=O) groups excluding carboxylic acids is 1. The molecule has 0 unspecified atom stereocenters. The van der Waals surface area contributed by atoms with Crippen LogP contribution in [0.3, 0.4) is 0 Å². The van der Waals surface area contributed by atoms with Crippen LogP contribution < -0.4 is 0 Å². The molecule has 62 valence electrons. The van der Waals surface area contributed by atoms with E-state index in [4.69, 9.17) is 0 Å². The van der Waals surface area contributed by atoms with Crippen LogP contribution in [-0.4, -0.2) is 5.78 Å². The van der Waals surface area contributed by atoms with E-state index in [2.05, 4.69) is 0 Å². The van der Waals surface area contributed by atoms with E-state index in [0.29, 0.717) is 12.0 Å². The third kappa shape index (κ3) is 1.04. The van der Waals surface area contributed by atoms with Crippen molar-refractivity contribution in [1.29, 1.82) is 0 Å². The second-order valence-corrected chi connectivity index (χ2v) is 3.08. The van der Waals surface area contributed by atoms with E-state index in [9.17, 15) is 9.18 Å². The Morgan fingerprint density at radius 3 is 2.58 bits per heavy atom. The SMILES string of the molecule is O=C1CC[C@H]1c1ccccc1F. The largest absolute Gasteiger partial charge is 0.299 e. The fourth-order valence-corrected chi connectivity index (χ4v) is 1.49. The third-order valence-corrected chi connectivity index (χ3v) is 2.35. The standard InChI is InChI=1S/C10H9FO/c11-9-4-2-1-3-7(9)8-5-6-10(8)12/h1-4,8H,5-6H2/t8-/m0/s1. The molecule has 2 rings (SSSR count). The van der Waals surface area contributed by atoms with Crippen molar-refractivity contribution >= 4 is 5.78 Å². The van der Waals surface area contributed by atoms with Gasteiger partial charge in [0.1, 0.15) is 11.6 Å². The van der Waals surface area contributed by atoms with Crippen LogP contribution in [-0.2, 0) is 4.79 Å². The molecule has 0 heterocycles. The second-order valence-electron chi connectivity index (χ2n) is 3.08. The monoisotopic (exact) mass is 164 g/mol. The van der Waals surface area contributed by atoms with Crippen molar-refractivity contribution in [3.8, 4) is 0 Å². The Labute approximate surface area is 70.2 Å². The van der Waals surface area contributed by atoms with Gasteiger partial charge in [0, 0.05) is 12.3 Å². The van der Waals surface area contributed by atoms with Crippen LogP contribution in [0, 0.1) is 5.82 Å². The first-order valence-corrected chi connectivity index (χ1v) is 4.06. The Hall–Kier alpha value is -1.18. The number of ketones is 1. The average molecular weight is 164 g/mol. The lowest BCUT2D eigenvalue weighted by Gasteiger charge is -2.24. The highest BCUT2D eigenvalue weighted by atomic mass is 19.1. The van der Waals surface area contributed by atoms with E-state index >= 15 is 0 Å². The zero-order valence-corrected chi connectivity index (χ0v) is 6.59. The summed E-state index contributed by atoms with van der Waals surface area (Å²) in [6.45, 7) is 0. The van der Waals surface area contributed by atoms with Gasteiger partial charge in [0.15, 0.2) is 0 Å². The van der Waals surface area contributed by atoms with E-state index in [1.165, 1.54) is 6.07 Å². The van der Waals surface area contributed by atoms with E-state index < -0.39 is 0 Å². The van der Waals surface area contributed by atoms with Gasteiger partial charge in [0.25, 0.3) is 0 Å². The van der Waals surface area contributed by atoms with E-state index in [-0.39, 0.29) is 17.5 Å². The van der Waals surface area contributed by atoms with Gasteiger partial charge in [-0.25, -0.2) is 4.39 Å². The van der Waals surface area contributed by atoms with Gasteiger partial charge in [-0.3, -0.25) is 4.79 Å². The topological polar surface area (TPSA) is 17.1 Å². The number of carbonyl (C=O) groups is 1. The summed E-state index contributed by atoms with van der Waals surface area (Å²) in [7, 11) is 0. The Morgan fingerprint density at radius 2 is 2.08 bits per heavy atom. The van der Waals surface area contributed by atoms with Crippen LogP contribution >= 0.6 is 0 Å². The minimum absolute atomic E-state index is 0.161. The maximum absolute atomic E-state index is 13.1. The number of hydrogen-bond donors (Lipinski definition) is 0. The van der Waals surface area contributed by atoms with Gasteiger partial charge >= 0.3 is 0 Å². The molecule has 0 amide bonds. The van der Waals surface area contributed by atoms with Crippen LogP contribution in [0.25, 0.3) is 0 Å². The minimum atomic E-state index is -0.254. The minimum Gasteiger partial charge on any atom is -0.299 e. The molecule has 1 saturated carbocycles. The molecule has 1 aromatic rings. The molecule has 0 N–H and O–H groups in total. The number of benzene rings is 1. The number of hydrogen-bond acceptors (Lipinski definition) is 1. The lowest BCUT2D eigenvalue weighted by Crippen LogP contribution is -2.24. The predicted molar refractivity (Wildman–Crippen MR) is 43.4 cm³/mol. The molecule has 0 aromatic heterocycles. The van der Waals surface area contributed by atoms with Crippen LogP contribution in [0.1, 0.15) is 24.3 Å². The highest BCUT2D eigenvalue weighted by Crippen LogP contribution is 2.33. The molecule has 0 spiro atoms. The average Bonchev–Trinajstić information content (AvgIpc) is 2.06. The molecule has 1 atom stereocenters. The van der Waals surface area contributed by atoms with Crippen molar-refractivity contribution in [1.82, 2.24) is 0 Å². The maximum atomic E-state index is 13.1. The van der Waals surface area contributed by atoms with Crippen LogP contribution in [0.4, 0.5) is 4.39 Å². The van der Waals surface area contributed by atoms with E-state index in [0.717, 1.165) is 6.42 Å². The smallest absolute Gasteiger partial charge is 0.140 e. The van der Waals surface area contributed by atoms with Gasteiger partial charge in [0.2, 0.25) is 0 Å². The van der Waals surface area contributed by atoms with Crippen LogP contribution in [0.15, 0.2) is 24.3 Å². The molecule has 0 bridgehead atoms. The molecular formula is C10H9FO. The quantitative estimate of drug-likeness (QED) is 0.622. The molecule has 2 heteroatoms. The van der Waals surface area contributed by atoms with Gasteiger partial charge in [-0.15, -0.1) is 0 Å². The Kier molecular flexibility index (Phi) is 1.68. The third-order valence-electron chi connectivity index (χ3n) is 2.35. The van der Waals surface area contributed by atoms with Gasteiger partial charge in [0.05, 0.1) is 0 Å². The van der Waals surface area contributed by atoms with Gasteiger partial charge in [-0.2, -0.15) is 0 Å². The summed E-state index contributed by atoms with van der Waals surface area (Å²) < 4.78 is 13.1. The second kappa shape index (κ2) is 2.70. The lowest BCUT2D eigenvalue weighted by molar-refractivity contribution is -0.125. The van der Waals surface area contributed by atoms with Gasteiger partial charge in [-0.05, 0) is 18.1 Å². The van der Waals surface area contributed by atoms with Crippen molar-refractivity contribution in [2.24, 2.45) is 0 Å². The summed E-state index contributed by atoms with van der Waals surface area (Å²) in [6, 6.07) is 6.50. The van der Waals surface area contributed by atoms with Crippen LogP contribution in [0.2, 0.25) is 0 Å². The Bertz CT molecular complexity index is 319. The lowest BCUT2D eigenvalue weighted by atomic mass is 9.78. The summed E-state index contributed by atoms with van der Waals surface area (Å²) in [6.07, 6.45) is 1.42. The molecular weight excluding hydrogens is 155 g/mol. The highest BCUT2D eigenvalue weighted by Gasteiger charge is 2.31.